The zero-order chi connectivity index (χ0) is 19.0. The number of halogens is 3. The van der Waals surface area contributed by atoms with Gasteiger partial charge in [0.2, 0.25) is 5.89 Å². The molecule has 1 aliphatic heterocycles. The quantitative estimate of drug-likeness (QED) is 0.789. The van der Waals surface area contributed by atoms with E-state index >= 15 is 0 Å². The molecule has 4 rings (SSSR count). The number of rotatable bonds is 5. The second kappa shape index (κ2) is 7.06. The van der Waals surface area contributed by atoms with Gasteiger partial charge in [0.05, 0.1) is 18.6 Å². The van der Waals surface area contributed by atoms with Crippen molar-refractivity contribution in [2.75, 3.05) is 13.1 Å². The number of piperidine rings is 1. The first-order valence-corrected chi connectivity index (χ1v) is 9.07. The van der Waals surface area contributed by atoms with Gasteiger partial charge in [-0.15, -0.1) is 10.2 Å². The average Bonchev–Trinajstić information content (AvgIpc) is 3.36. The zero-order valence-electron chi connectivity index (χ0n) is 14.7. The second-order valence-corrected chi connectivity index (χ2v) is 7.30. The van der Waals surface area contributed by atoms with Crippen molar-refractivity contribution < 1.29 is 17.6 Å². The molecule has 0 spiro atoms. The van der Waals surface area contributed by atoms with Gasteiger partial charge in [-0.3, -0.25) is 14.3 Å². The minimum absolute atomic E-state index is 0.0140. The van der Waals surface area contributed by atoms with Crippen molar-refractivity contribution in [2.45, 2.75) is 50.9 Å². The molecule has 0 aromatic carbocycles. The molecule has 146 valence electrons. The summed E-state index contributed by atoms with van der Waals surface area (Å²) in [5, 5.41) is 6.51. The summed E-state index contributed by atoms with van der Waals surface area (Å²) in [6.07, 6.45) is 0.932. The molecule has 0 atom stereocenters. The summed E-state index contributed by atoms with van der Waals surface area (Å²) in [5.41, 5.74) is 0.878. The van der Waals surface area contributed by atoms with Gasteiger partial charge in [-0.1, -0.05) is 0 Å². The Hall–Kier alpha value is -2.23. The predicted octanol–water partition coefficient (Wildman–Crippen LogP) is 2.43. The number of alkyl halides is 3. The maximum atomic E-state index is 12.5. The third kappa shape index (κ3) is 4.37. The van der Waals surface area contributed by atoms with Gasteiger partial charge >= 0.3 is 12.1 Å². The SMILES string of the molecule is O=c1cc(C2CC2)ncn1CC1CCN(Cc2nnc(C(F)(F)F)o2)CC1. The Morgan fingerprint density at radius 1 is 1.15 bits per heavy atom. The van der Waals surface area contributed by atoms with Crippen LogP contribution in [0.5, 0.6) is 0 Å². The van der Waals surface area contributed by atoms with Gasteiger partial charge in [-0.25, -0.2) is 4.98 Å². The lowest BCUT2D eigenvalue weighted by atomic mass is 9.96. The van der Waals surface area contributed by atoms with Crippen molar-refractivity contribution in [3.63, 3.8) is 0 Å². The predicted molar refractivity (Wildman–Crippen MR) is 87.8 cm³/mol. The van der Waals surface area contributed by atoms with Crippen LogP contribution in [0.15, 0.2) is 21.6 Å². The Morgan fingerprint density at radius 3 is 2.48 bits per heavy atom. The minimum Gasteiger partial charge on any atom is -0.416 e. The summed E-state index contributed by atoms with van der Waals surface area (Å²) in [5.74, 6) is -0.551. The smallest absolute Gasteiger partial charge is 0.416 e. The van der Waals surface area contributed by atoms with Gasteiger partial charge in [0.1, 0.15) is 0 Å². The Morgan fingerprint density at radius 2 is 1.89 bits per heavy atom. The van der Waals surface area contributed by atoms with Crippen molar-refractivity contribution in [1.29, 1.82) is 0 Å². The molecule has 27 heavy (non-hydrogen) atoms. The molecule has 2 aromatic rings. The molecule has 0 bridgehead atoms. The number of aromatic nitrogens is 4. The van der Waals surface area contributed by atoms with E-state index in [2.05, 4.69) is 19.6 Å². The van der Waals surface area contributed by atoms with Crippen LogP contribution in [0.3, 0.4) is 0 Å². The molecule has 3 heterocycles. The third-order valence-electron chi connectivity index (χ3n) is 5.13. The topological polar surface area (TPSA) is 77.1 Å². The molecule has 10 heteroatoms. The van der Waals surface area contributed by atoms with Gasteiger partial charge < -0.3 is 4.42 Å². The molecule has 7 nitrogen and oxygen atoms in total. The number of hydrogen-bond acceptors (Lipinski definition) is 6. The van der Waals surface area contributed by atoms with E-state index in [1.54, 1.807) is 17.0 Å². The standard InChI is InChI=1S/C17H20F3N5O2/c18-17(19,20)16-23-22-14(27-16)9-24-5-3-11(4-6-24)8-25-10-21-13(7-15(25)26)12-1-2-12/h7,10-12H,1-6,8-9H2. The summed E-state index contributed by atoms with van der Waals surface area (Å²) in [6, 6.07) is 1.64. The van der Waals surface area contributed by atoms with Crippen LogP contribution in [-0.2, 0) is 19.3 Å². The maximum Gasteiger partial charge on any atom is 0.470 e. The van der Waals surface area contributed by atoms with Crippen molar-refractivity contribution in [1.82, 2.24) is 24.6 Å². The van der Waals surface area contributed by atoms with Gasteiger partial charge in [-0.2, -0.15) is 13.2 Å². The summed E-state index contributed by atoms with van der Waals surface area (Å²) in [4.78, 5) is 18.6. The first-order chi connectivity index (χ1) is 12.9. The molecule has 0 amide bonds. The highest BCUT2D eigenvalue weighted by atomic mass is 19.4. The van der Waals surface area contributed by atoms with Crippen LogP contribution in [0, 0.1) is 5.92 Å². The summed E-state index contributed by atoms with van der Waals surface area (Å²) in [6.45, 7) is 2.23. The van der Waals surface area contributed by atoms with E-state index in [9.17, 15) is 18.0 Å². The molecule has 1 saturated carbocycles. The van der Waals surface area contributed by atoms with Crippen LogP contribution in [0.2, 0.25) is 0 Å². The van der Waals surface area contributed by atoms with Crippen molar-refractivity contribution in [2.24, 2.45) is 5.92 Å². The maximum absolute atomic E-state index is 12.5. The van der Waals surface area contributed by atoms with E-state index in [-0.39, 0.29) is 18.0 Å². The fourth-order valence-corrected chi connectivity index (χ4v) is 3.41. The molecule has 2 fully saturated rings. The molecule has 1 aliphatic carbocycles. The van der Waals surface area contributed by atoms with Crippen LogP contribution in [0.25, 0.3) is 0 Å². The van der Waals surface area contributed by atoms with E-state index in [1.165, 1.54) is 0 Å². The fourth-order valence-electron chi connectivity index (χ4n) is 3.41. The molecule has 0 radical (unpaired) electrons. The normalized spacial score (nSPS) is 19.5. The Kier molecular flexibility index (Phi) is 4.75. The highest BCUT2D eigenvalue weighted by Gasteiger charge is 2.38. The van der Waals surface area contributed by atoms with Crippen molar-refractivity contribution >= 4 is 0 Å². The molecule has 0 N–H and O–H groups in total. The molecular weight excluding hydrogens is 363 g/mol. The molecule has 2 aliphatic rings. The lowest BCUT2D eigenvalue weighted by molar-refractivity contribution is -0.157. The average molecular weight is 383 g/mol. The van der Waals surface area contributed by atoms with Gasteiger partial charge in [0, 0.05) is 18.5 Å². The van der Waals surface area contributed by atoms with E-state index < -0.39 is 12.1 Å². The summed E-state index contributed by atoms with van der Waals surface area (Å²) >= 11 is 0. The second-order valence-electron chi connectivity index (χ2n) is 7.30. The van der Waals surface area contributed by atoms with Crippen LogP contribution >= 0.6 is 0 Å². The van der Waals surface area contributed by atoms with Gasteiger partial charge in [0.25, 0.3) is 5.56 Å². The molecule has 0 unspecified atom stereocenters. The Balaban J connectivity index is 1.29. The lowest BCUT2D eigenvalue weighted by Gasteiger charge is -2.31. The lowest BCUT2D eigenvalue weighted by Crippen LogP contribution is -2.36. The Bertz CT molecular complexity index is 851. The number of nitrogens with zero attached hydrogens (tertiary/aromatic N) is 5. The Labute approximate surface area is 153 Å². The highest BCUT2D eigenvalue weighted by molar-refractivity contribution is 5.12. The van der Waals surface area contributed by atoms with Gasteiger partial charge in [-0.05, 0) is 44.7 Å². The van der Waals surface area contributed by atoms with E-state index in [0.717, 1.165) is 31.4 Å². The van der Waals surface area contributed by atoms with Crippen LogP contribution < -0.4 is 5.56 Å². The molecular formula is C17H20F3N5O2. The number of likely N-dealkylation sites (tertiary alicyclic amines) is 1. The largest absolute Gasteiger partial charge is 0.470 e. The van der Waals surface area contributed by atoms with Crippen molar-refractivity contribution in [3.8, 4) is 0 Å². The van der Waals surface area contributed by atoms with E-state index in [4.69, 9.17) is 0 Å². The minimum atomic E-state index is -4.62. The first kappa shape index (κ1) is 18.1. The summed E-state index contributed by atoms with van der Waals surface area (Å²) in [7, 11) is 0. The zero-order valence-corrected chi connectivity index (χ0v) is 14.7. The van der Waals surface area contributed by atoms with Gasteiger partial charge in [0.15, 0.2) is 0 Å². The van der Waals surface area contributed by atoms with E-state index in [0.29, 0.717) is 31.5 Å². The highest BCUT2D eigenvalue weighted by Crippen LogP contribution is 2.38. The molecule has 2 aromatic heterocycles. The van der Waals surface area contributed by atoms with Crippen LogP contribution in [0.1, 0.15) is 49.1 Å². The van der Waals surface area contributed by atoms with E-state index in [1.807, 2.05) is 4.90 Å². The fraction of sp³-hybridized carbons (Fsp3) is 0.647. The van der Waals surface area contributed by atoms with Crippen LogP contribution in [0.4, 0.5) is 13.2 Å². The molecule has 1 saturated heterocycles. The van der Waals surface area contributed by atoms with Crippen molar-refractivity contribution in [3.05, 3.63) is 40.2 Å². The van der Waals surface area contributed by atoms with Crippen LogP contribution in [-0.4, -0.2) is 37.7 Å². The first-order valence-electron chi connectivity index (χ1n) is 9.07. The summed E-state index contributed by atoms with van der Waals surface area (Å²) < 4.78 is 43.8. The monoisotopic (exact) mass is 383 g/mol. The third-order valence-corrected chi connectivity index (χ3v) is 5.13. The number of hydrogen-bond donors (Lipinski definition) is 0.